The lowest BCUT2D eigenvalue weighted by Crippen LogP contribution is -2.46. The Bertz CT molecular complexity index is 734. The van der Waals surface area contributed by atoms with Crippen LogP contribution < -0.4 is 10.2 Å². The maximum absolute atomic E-state index is 12.3. The Morgan fingerprint density at radius 2 is 1.93 bits per heavy atom. The minimum atomic E-state index is -0.497. The Morgan fingerprint density at radius 3 is 2.60 bits per heavy atom. The van der Waals surface area contributed by atoms with Crippen LogP contribution in [0.15, 0.2) is 12.4 Å². The molecule has 0 spiro atoms. The lowest BCUT2D eigenvalue weighted by Gasteiger charge is -2.38. The molecule has 3 atom stereocenters. The summed E-state index contributed by atoms with van der Waals surface area (Å²) in [5.41, 5.74) is -0.589. The molecule has 1 unspecified atom stereocenters. The first-order valence-corrected chi connectivity index (χ1v) is 10.9. The van der Waals surface area contributed by atoms with Gasteiger partial charge in [-0.1, -0.05) is 12.8 Å². The number of hydrogen-bond donors (Lipinski definition) is 1. The average molecular weight is 420 g/mol. The Kier molecular flexibility index (Phi) is 7.10. The maximum atomic E-state index is 12.3. The molecule has 3 rings (SSSR count). The predicted octanol–water partition coefficient (Wildman–Crippen LogP) is 4.07. The highest BCUT2D eigenvalue weighted by Gasteiger charge is 2.32. The first-order chi connectivity index (χ1) is 14.2. The summed E-state index contributed by atoms with van der Waals surface area (Å²) in [5, 5.41) is 13.9. The van der Waals surface area contributed by atoms with Crippen molar-refractivity contribution in [3.8, 4) is 0 Å². The van der Waals surface area contributed by atoms with E-state index in [1.807, 2.05) is 20.8 Å². The van der Waals surface area contributed by atoms with Gasteiger partial charge in [0.05, 0.1) is 4.92 Å². The molecule has 1 aromatic rings. The molecule has 2 heterocycles. The summed E-state index contributed by atoms with van der Waals surface area (Å²) in [6.07, 6.45) is 9.87. The molecule has 0 radical (unpaired) electrons. The Hall–Kier alpha value is -2.45. The number of carbonyl (C=O) groups is 1. The maximum Gasteiger partial charge on any atom is 0.407 e. The van der Waals surface area contributed by atoms with Crippen molar-refractivity contribution < 1.29 is 14.5 Å². The van der Waals surface area contributed by atoms with Gasteiger partial charge in [0, 0.05) is 19.1 Å². The minimum absolute atomic E-state index is 0.0921. The zero-order chi connectivity index (χ0) is 21.7. The molecule has 1 amide bonds. The molecule has 1 aliphatic carbocycles. The molecule has 1 aliphatic heterocycles. The van der Waals surface area contributed by atoms with E-state index in [9.17, 15) is 14.9 Å². The van der Waals surface area contributed by atoms with E-state index in [0.717, 1.165) is 51.6 Å². The standard InChI is InChI=1S/C21H33N5O4/c1-21(2,3)30-20(27)24-18-9-5-4-8-16(18)11-15-7-6-10-25(14-15)19-22-12-17(13-23-19)26(28)29/h12-13,15-16,18H,4-11,14H2,1-3H3,(H,24,27)/t15?,16-,18+/m0/s1. The van der Waals surface area contributed by atoms with Gasteiger partial charge in [0.15, 0.2) is 0 Å². The third-order valence-electron chi connectivity index (χ3n) is 5.88. The summed E-state index contributed by atoms with van der Waals surface area (Å²) in [6, 6.07) is 0.152. The van der Waals surface area contributed by atoms with Crippen molar-refractivity contribution >= 4 is 17.7 Å². The van der Waals surface area contributed by atoms with Crippen LogP contribution in [0.1, 0.15) is 65.7 Å². The number of amides is 1. The van der Waals surface area contributed by atoms with Crippen LogP contribution in [0.3, 0.4) is 0 Å². The van der Waals surface area contributed by atoms with Gasteiger partial charge >= 0.3 is 11.8 Å². The summed E-state index contributed by atoms with van der Waals surface area (Å²) >= 11 is 0. The first kappa shape index (κ1) is 22.2. The zero-order valence-corrected chi connectivity index (χ0v) is 18.2. The highest BCUT2D eigenvalue weighted by atomic mass is 16.6. The first-order valence-electron chi connectivity index (χ1n) is 10.9. The van der Waals surface area contributed by atoms with Crippen molar-refractivity contribution in [3.05, 3.63) is 22.5 Å². The van der Waals surface area contributed by atoms with Crippen molar-refractivity contribution in [1.29, 1.82) is 0 Å². The largest absolute Gasteiger partial charge is 0.444 e. The van der Waals surface area contributed by atoms with Crippen molar-refractivity contribution in [2.45, 2.75) is 77.4 Å². The van der Waals surface area contributed by atoms with Gasteiger partial charge in [-0.25, -0.2) is 14.8 Å². The van der Waals surface area contributed by atoms with E-state index in [1.165, 1.54) is 18.8 Å². The van der Waals surface area contributed by atoms with Gasteiger partial charge in [0.1, 0.15) is 18.0 Å². The molecule has 30 heavy (non-hydrogen) atoms. The van der Waals surface area contributed by atoms with Crippen molar-refractivity contribution in [2.75, 3.05) is 18.0 Å². The summed E-state index contributed by atoms with van der Waals surface area (Å²) in [7, 11) is 0. The smallest absolute Gasteiger partial charge is 0.407 e. The van der Waals surface area contributed by atoms with Crippen LogP contribution in [0.2, 0.25) is 0 Å². The van der Waals surface area contributed by atoms with Crippen LogP contribution in [-0.2, 0) is 4.74 Å². The number of carbonyl (C=O) groups excluding carboxylic acids is 1. The van der Waals surface area contributed by atoms with Gasteiger partial charge in [-0.3, -0.25) is 10.1 Å². The quantitative estimate of drug-likeness (QED) is 0.565. The van der Waals surface area contributed by atoms with Gasteiger partial charge in [0.2, 0.25) is 5.95 Å². The molecule has 1 saturated heterocycles. The number of piperidine rings is 1. The lowest BCUT2D eigenvalue weighted by atomic mass is 9.77. The zero-order valence-electron chi connectivity index (χ0n) is 18.2. The van der Waals surface area contributed by atoms with E-state index in [-0.39, 0.29) is 17.8 Å². The molecule has 1 aromatic heterocycles. The number of ether oxygens (including phenoxy) is 1. The highest BCUT2D eigenvalue weighted by Crippen LogP contribution is 2.33. The second-order valence-electron chi connectivity index (χ2n) is 9.49. The fourth-order valence-corrected chi connectivity index (χ4v) is 4.58. The molecule has 9 heteroatoms. The number of nitro groups is 1. The van der Waals surface area contributed by atoms with Crippen LogP contribution >= 0.6 is 0 Å². The number of nitrogens with one attached hydrogen (secondary N) is 1. The van der Waals surface area contributed by atoms with Crippen LogP contribution in [0, 0.1) is 22.0 Å². The van der Waals surface area contributed by atoms with Gasteiger partial charge in [-0.2, -0.15) is 0 Å². The summed E-state index contributed by atoms with van der Waals surface area (Å²) in [4.78, 5) is 33.1. The number of anilines is 1. The summed E-state index contributed by atoms with van der Waals surface area (Å²) < 4.78 is 5.46. The highest BCUT2D eigenvalue weighted by molar-refractivity contribution is 5.68. The van der Waals surface area contributed by atoms with Gasteiger partial charge in [-0.05, 0) is 64.7 Å². The predicted molar refractivity (Wildman–Crippen MR) is 113 cm³/mol. The van der Waals surface area contributed by atoms with E-state index in [1.54, 1.807) is 0 Å². The molecular formula is C21H33N5O4. The van der Waals surface area contributed by atoms with Crippen LogP contribution in [0.25, 0.3) is 0 Å². The van der Waals surface area contributed by atoms with Gasteiger partial charge < -0.3 is 15.0 Å². The Balaban J connectivity index is 1.58. The third kappa shape index (κ3) is 6.27. The van der Waals surface area contributed by atoms with Gasteiger partial charge in [0.25, 0.3) is 0 Å². The molecule has 1 N–H and O–H groups in total. The number of rotatable bonds is 5. The molecular weight excluding hydrogens is 386 g/mol. The molecule has 2 aliphatic rings. The SMILES string of the molecule is CC(C)(C)OC(=O)N[C@@H]1CCCC[C@H]1CC1CCCN(c2ncc([N+](=O)[O-])cn2)C1. The average Bonchev–Trinajstić information content (AvgIpc) is 2.68. The Morgan fingerprint density at radius 1 is 1.23 bits per heavy atom. The van der Waals surface area contributed by atoms with Crippen LogP contribution in [-0.4, -0.2) is 45.7 Å². The van der Waals surface area contributed by atoms with Gasteiger partial charge in [-0.15, -0.1) is 0 Å². The monoisotopic (exact) mass is 419 g/mol. The van der Waals surface area contributed by atoms with Crippen molar-refractivity contribution in [1.82, 2.24) is 15.3 Å². The second-order valence-corrected chi connectivity index (χ2v) is 9.49. The van der Waals surface area contributed by atoms with E-state index >= 15 is 0 Å². The topological polar surface area (TPSA) is 110 Å². The summed E-state index contributed by atoms with van der Waals surface area (Å²) in [6.45, 7) is 7.33. The van der Waals surface area contributed by atoms with Crippen LogP contribution in [0.5, 0.6) is 0 Å². The fourth-order valence-electron chi connectivity index (χ4n) is 4.58. The molecule has 166 valence electrons. The normalized spacial score (nSPS) is 24.9. The molecule has 9 nitrogen and oxygen atoms in total. The number of hydrogen-bond acceptors (Lipinski definition) is 7. The van der Waals surface area contributed by atoms with E-state index < -0.39 is 10.5 Å². The number of nitrogens with zero attached hydrogens (tertiary/aromatic N) is 4. The van der Waals surface area contributed by atoms with Crippen LogP contribution in [0.4, 0.5) is 16.4 Å². The number of alkyl carbamates (subject to hydrolysis) is 1. The molecule has 2 fully saturated rings. The minimum Gasteiger partial charge on any atom is -0.444 e. The fraction of sp³-hybridized carbons (Fsp3) is 0.762. The van der Waals surface area contributed by atoms with Crippen molar-refractivity contribution in [2.24, 2.45) is 11.8 Å². The third-order valence-corrected chi connectivity index (χ3v) is 5.88. The Labute approximate surface area is 177 Å². The van der Waals surface area contributed by atoms with E-state index in [4.69, 9.17) is 4.74 Å². The van der Waals surface area contributed by atoms with Crippen molar-refractivity contribution in [3.63, 3.8) is 0 Å². The van der Waals surface area contributed by atoms with E-state index in [2.05, 4.69) is 20.2 Å². The lowest BCUT2D eigenvalue weighted by molar-refractivity contribution is -0.385. The van der Waals surface area contributed by atoms with E-state index in [0.29, 0.717) is 17.8 Å². The summed E-state index contributed by atoms with van der Waals surface area (Å²) in [5.74, 6) is 1.48. The molecule has 1 saturated carbocycles. The molecule has 0 bridgehead atoms. The molecule has 0 aromatic carbocycles. The second kappa shape index (κ2) is 9.57. The number of aromatic nitrogens is 2.